The maximum absolute atomic E-state index is 12.7. The van der Waals surface area contributed by atoms with E-state index in [4.69, 9.17) is 0 Å². The molecule has 1 heterocycles. The second-order valence-electron chi connectivity index (χ2n) is 5.92. The van der Waals surface area contributed by atoms with Gasteiger partial charge in [0.1, 0.15) is 10.9 Å². The molecule has 0 saturated carbocycles. The maximum atomic E-state index is 12.7. The van der Waals surface area contributed by atoms with Crippen LogP contribution >= 0.6 is 11.8 Å². The van der Waals surface area contributed by atoms with Crippen LogP contribution in [0.15, 0.2) is 23.2 Å². The van der Waals surface area contributed by atoms with Gasteiger partial charge < -0.3 is 5.32 Å². The summed E-state index contributed by atoms with van der Waals surface area (Å²) in [4.78, 5) is 32.1. The first-order valence-corrected chi connectivity index (χ1v) is 8.96. The van der Waals surface area contributed by atoms with E-state index in [2.05, 4.69) is 15.3 Å². The topological polar surface area (TPSA) is 98.0 Å². The molecule has 0 saturated heterocycles. The van der Waals surface area contributed by atoms with E-state index in [0.29, 0.717) is 33.4 Å². The second kappa shape index (κ2) is 7.60. The Morgan fingerprint density at radius 3 is 2.52 bits per heavy atom. The van der Waals surface area contributed by atoms with E-state index in [1.165, 1.54) is 17.8 Å². The van der Waals surface area contributed by atoms with Gasteiger partial charge in [0, 0.05) is 23.2 Å². The molecule has 0 fully saturated rings. The number of aromatic nitrogens is 2. The van der Waals surface area contributed by atoms with Crippen molar-refractivity contribution >= 4 is 29.0 Å². The summed E-state index contributed by atoms with van der Waals surface area (Å²) in [6.45, 7) is 7.39. The van der Waals surface area contributed by atoms with Crippen molar-refractivity contribution in [1.29, 1.82) is 0 Å². The van der Waals surface area contributed by atoms with E-state index in [1.54, 1.807) is 26.0 Å². The number of nitro groups is 1. The summed E-state index contributed by atoms with van der Waals surface area (Å²) in [7, 11) is 0. The first-order chi connectivity index (χ1) is 11.7. The number of hydrogen-bond donors (Lipinski definition) is 1. The Bertz CT molecular complexity index is 837. The molecule has 0 bridgehead atoms. The number of thioether (sulfide) groups is 1. The molecular formula is C17H20N4O3S. The number of aryl methyl sites for hydroxylation is 2. The fraction of sp³-hybridized carbons (Fsp3) is 0.353. The Balaban J connectivity index is 2.39. The summed E-state index contributed by atoms with van der Waals surface area (Å²) < 4.78 is 0. The molecule has 0 spiro atoms. The van der Waals surface area contributed by atoms with Gasteiger partial charge in [0.25, 0.3) is 11.6 Å². The van der Waals surface area contributed by atoms with Crippen LogP contribution < -0.4 is 5.32 Å². The lowest BCUT2D eigenvalue weighted by molar-refractivity contribution is -0.385. The molecule has 0 aliphatic carbocycles. The van der Waals surface area contributed by atoms with Crippen molar-refractivity contribution in [3.05, 3.63) is 51.0 Å². The fourth-order valence-electron chi connectivity index (χ4n) is 2.31. The van der Waals surface area contributed by atoms with E-state index < -0.39 is 4.92 Å². The van der Waals surface area contributed by atoms with Gasteiger partial charge >= 0.3 is 0 Å². The summed E-state index contributed by atoms with van der Waals surface area (Å²) in [5, 5.41) is 14.4. The molecular weight excluding hydrogens is 340 g/mol. The quantitative estimate of drug-likeness (QED) is 0.373. The highest BCUT2D eigenvalue weighted by atomic mass is 32.2. The number of nitro benzene ring substituents is 1. The first kappa shape index (κ1) is 18.9. The molecule has 1 amide bonds. The summed E-state index contributed by atoms with van der Waals surface area (Å²) in [6, 6.07) is 4.59. The van der Waals surface area contributed by atoms with Gasteiger partial charge in [-0.05, 0) is 26.2 Å². The molecule has 0 unspecified atom stereocenters. The van der Waals surface area contributed by atoms with Crippen LogP contribution in [0.25, 0.3) is 0 Å². The van der Waals surface area contributed by atoms with Gasteiger partial charge in [-0.25, -0.2) is 9.97 Å². The van der Waals surface area contributed by atoms with Crippen LogP contribution in [0.4, 0.5) is 11.4 Å². The van der Waals surface area contributed by atoms with Crippen molar-refractivity contribution < 1.29 is 9.72 Å². The van der Waals surface area contributed by atoms with Crippen LogP contribution in [-0.2, 0) is 0 Å². The summed E-state index contributed by atoms with van der Waals surface area (Å²) in [6.07, 6.45) is 1.85. The number of benzene rings is 1. The molecule has 1 N–H and O–H groups in total. The van der Waals surface area contributed by atoms with Gasteiger partial charge in [-0.2, -0.15) is 0 Å². The fourth-order valence-corrected chi connectivity index (χ4v) is 2.94. The number of carbonyl (C=O) groups is 1. The Morgan fingerprint density at radius 1 is 1.28 bits per heavy atom. The molecule has 25 heavy (non-hydrogen) atoms. The zero-order valence-electron chi connectivity index (χ0n) is 14.8. The highest BCUT2D eigenvalue weighted by molar-refractivity contribution is 7.98. The molecule has 0 aliphatic rings. The predicted octanol–water partition coefficient (Wildman–Crippen LogP) is 4.10. The largest absolute Gasteiger partial charge is 0.322 e. The predicted molar refractivity (Wildman–Crippen MR) is 98.4 cm³/mol. The van der Waals surface area contributed by atoms with Gasteiger partial charge in [0.2, 0.25) is 0 Å². The average Bonchev–Trinajstić information content (AvgIpc) is 2.55. The van der Waals surface area contributed by atoms with E-state index in [0.717, 1.165) is 0 Å². The van der Waals surface area contributed by atoms with Crippen LogP contribution in [0.2, 0.25) is 0 Å². The van der Waals surface area contributed by atoms with Crippen LogP contribution in [0.1, 0.15) is 47.2 Å². The van der Waals surface area contributed by atoms with Gasteiger partial charge in [-0.3, -0.25) is 14.9 Å². The Morgan fingerprint density at radius 2 is 1.96 bits per heavy atom. The lowest BCUT2D eigenvalue weighted by atomic mass is 10.1. The molecule has 2 rings (SSSR count). The van der Waals surface area contributed by atoms with Crippen molar-refractivity contribution in [2.45, 2.75) is 38.6 Å². The molecule has 0 radical (unpaired) electrons. The monoisotopic (exact) mass is 360 g/mol. The van der Waals surface area contributed by atoms with Crippen molar-refractivity contribution in [2.75, 3.05) is 11.6 Å². The van der Waals surface area contributed by atoms with E-state index >= 15 is 0 Å². The summed E-state index contributed by atoms with van der Waals surface area (Å²) in [5.41, 5.74) is 1.84. The van der Waals surface area contributed by atoms with Crippen molar-refractivity contribution in [2.24, 2.45) is 0 Å². The second-order valence-corrected chi connectivity index (χ2v) is 6.71. The van der Waals surface area contributed by atoms with Crippen molar-refractivity contribution in [3.63, 3.8) is 0 Å². The highest BCUT2D eigenvalue weighted by Crippen LogP contribution is 2.26. The number of nitrogens with one attached hydrogen (secondary N) is 1. The first-order valence-electron chi connectivity index (χ1n) is 7.73. The number of hydrogen-bond acceptors (Lipinski definition) is 6. The third-order valence-electron chi connectivity index (χ3n) is 3.67. The van der Waals surface area contributed by atoms with Gasteiger partial charge in [-0.1, -0.05) is 19.9 Å². The highest BCUT2D eigenvalue weighted by Gasteiger charge is 2.20. The lowest BCUT2D eigenvalue weighted by Crippen LogP contribution is -2.18. The molecule has 7 nitrogen and oxygen atoms in total. The summed E-state index contributed by atoms with van der Waals surface area (Å²) in [5.74, 6) is 0.459. The standard InChI is InChI=1S/C17H20N4O3S/c1-9(2)15-18-11(4)14(17(20-15)25-5)16(22)19-12-7-6-10(3)13(8-12)21(23)24/h6-9H,1-5H3,(H,19,22). The van der Waals surface area contributed by atoms with Crippen LogP contribution in [0.5, 0.6) is 0 Å². The molecule has 8 heteroatoms. The Hall–Kier alpha value is -2.48. The number of anilines is 1. The van der Waals surface area contributed by atoms with Crippen molar-refractivity contribution in [3.8, 4) is 0 Å². The number of carbonyl (C=O) groups excluding carboxylic acids is 1. The number of amides is 1. The van der Waals surface area contributed by atoms with Crippen LogP contribution in [-0.4, -0.2) is 27.1 Å². The third kappa shape index (κ3) is 4.14. The molecule has 1 aromatic heterocycles. The van der Waals surface area contributed by atoms with Crippen LogP contribution in [0.3, 0.4) is 0 Å². The van der Waals surface area contributed by atoms with E-state index in [-0.39, 0.29) is 17.5 Å². The zero-order valence-corrected chi connectivity index (χ0v) is 15.6. The summed E-state index contributed by atoms with van der Waals surface area (Å²) >= 11 is 1.37. The molecule has 1 aromatic carbocycles. The van der Waals surface area contributed by atoms with E-state index in [9.17, 15) is 14.9 Å². The maximum Gasteiger partial charge on any atom is 0.274 e. The average molecular weight is 360 g/mol. The zero-order chi connectivity index (χ0) is 18.7. The van der Waals surface area contributed by atoms with Gasteiger partial charge in [0.15, 0.2) is 0 Å². The number of rotatable bonds is 5. The van der Waals surface area contributed by atoms with Crippen LogP contribution in [0, 0.1) is 24.0 Å². The molecule has 0 atom stereocenters. The number of nitrogens with zero attached hydrogens (tertiary/aromatic N) is 3. The van der Waals surface area contributed by atoms with Gasteiger partial charge in [-0.15, -0.1) is 11.8 Å². The third-order valence-corrected chi connectivity index (χ3v) is 4.36. The Labute approximate surface area is 150 Å². The minimum absolute atomic E-state index is 0.0361. The Kier molecular flexibility index (Phi) is 5.73. The van der Waals surface area contributed by atoms with E-state index in [1.807, 2.05) is 20.1 Å². The minimum Gasteiger partial charge on any atom is -0.322 e. The van der Waals surface area contributed by atoms with Gasteiger partial charge in [0.05, 0.1) is 16.2 Å². The van der Waals surface area contributed by atoms with Crippen molar-refractivity contribution in [1.82, 2.24) is 9.97 Å². The molecule has 132 valence electrons. The minimum atomic E-state index is -0.468. The lowest BCUT2D eigenvalue weighted by Gasteiger charge is -2.13. The molecule has 0 aliphatic heterocycles. The SMILES string of the molecule is CSc1nc(C(C)C)nc(C)c1C(=O)Nc1ccc(C)c([N+](=O)[O-])c1. The smallest absolute Gasteiger partial charge is 0.274 e. The molecule has 2 aromatic rings. The normalized spacial score (nSPS) is 10.8.